The van der Waals surface area contributed by atoms with E-state index in [4.69, 9.17) is 9.84 Å². The van der Waals surface area contributed by atoms with Gasteiger partial charge in [0.2, 0.25) is 5.91 Å². The van der Waals surface area contributed by atoms with Gasteiger partial charge in [-0.05, 0) is 25.8 Å². The molecule has 2 rings (SSSR count). The number of nitrogens with one attached hydrogen (secondary N) is 1. The molecule has 0 radical (unpaired) electrons. The SMILES string of the molecule is Cc1n[nH]c(C)c1CCC(=O)N1CCO[C@H](C(=O)O)C1. The Morgan fingerprint density at radius 1 is 1.50 bits per heavy atom. The Hall–Kier alpha value is -1.89. The van der Waals surface area contributed by atoms with Gasteiger partial charge in [-0.25, -0.2) is 4.79 Å². The lowest BCUT2D eigenvalue weighted by molar-refractivity contribution is -0.159. The number of carbonyl (C=O) groups is 2. The van der Waals surface area contributed by atoms with E-state index in [9.17, 15) is 9.59 Å². The number of nitrogens with zero attached hydrogens (tertiary/aromatic N) is 2. The molecule has 7 heteroatoms. The lowest BCUT2D eigenvalue weighted by Gasteiger charge is -2.31. The largest absolute Gasteiger partial charge is 0.479 e. The predicted octanol–water partition coefficient (Wildman–Crippen LogP) is 0.271. The highest BCUT2D eigenvalue weighted by molar-refractivity contribution is 5.79. The number of aromatic amines is 1. The molecule has 1 amide bonds. The molecule has 0 saturated carbocycles. The van der Waals surface area contributed by atoms with E-state index in [2.05, 4.69) is 10.2 Å². The Labute approximate surface area is 116 Å². The molecule has 1 aromatic heterocycles. The Kier molecular flexibility index (Phi) is 4.39. The number of aryl methyl sites for hydroxylation is 2. The fourth-order valence-electron chi connectivity index (χ4n) is 2.36. The van der Waals surface area contributed by atoms with Crippen molar-refractivity contribution in [2.24, 2.45) is 0 Å². The minimum absolute atomic E-state index is 0.0421. The molecule has 0 bridgehead atoms. The van der Waals surface area contributed by atoms with Crippen LogP contribution in [0.15, 0.2) is 0 Å². The summed E-state index contributed by atoms with van der Waals surface area (Å²) in [6, 6.07) is 0. The summed E-state index contributed by atoms with van der Waals surface area (Å²) in [5.41, 5.74) is 2.93. The van der Waals surface area contributed by atoms with Gasteiger partial charge in [0.05, 0.1) is 18.8 Å². The summed E-state index contributed by atoms with van der Waals surface area (Å²) in [4.78, 5) is 24.6. The van der Waals surface area contributed by atoms with E-state index in [0.717, 1.165) is 17.0 Å². The van der Waals surface area contributed by atoms with Crippen LogP contribution in [-0.4, -0.2) is 57.9 Å². The normalized spacial score (nSPS) is 19.1. The van der Waals surface area contributed by atoms with Crippen molar-refractivity contribution in [1.29, 1.82) is 0 Å². The summed E-state index contributed by atoms with van der Waals surface area (Å²) in [6.07, 6.45) is 0.0560. The fraction of sp³-hybridized carbons (Fsp3) is 0.615. The van der Waals surface area contributed by atoms with Crippen LogP contribution in [-0.2, 0) is 20.7 Å². The Morgan fingerprint density at radius 3 is 2.85 bits per heavy atom. The number of hydrogen-bond acceptors (Lipinski definition) is 4. The van der Waals surface area contributed by atoms with E-state index in [0.29, 0.717) is 19.4 Å². The number of carbonyl (C=O) groups excluding carboxylic acids is 1. The monoisotopic (exact) mass is 281 g/mol. The standard InChI is InChI=1S/C13H19N3O4/c1-8-10(9(2)15-14-8)3-4-12(17)16-5-6-20-11(7-16)13(18)19/h11H,3-7H2,1-2H3,(H,14,15)(H,18,19)/t11-/m0/s1. The van der Waals surface area contributed by atoms with Crippen LogP contribution in [0.1, 0.15) is 23.4 Å². The van der Waals surface area contributed by atoms with E-state index in [-0.39, 0.29) is 19.1 Å². The molecular weight excluding hydrogens is 262 g/mol. The molecule has 7 nitrogen and oxygen atoms in total. The lowest BCUT2D eigenvalue weighted by atomic mass is 10.1. The van der Waals surface area contributed by atoms with Gasteiger partial charge in [0.25, 0.3) is 0 Å². The minimum Gasteiger partial charge on any atom is -0.479 e. The van der Waals surface area contributed by atoms with E-state index in [1.807, 2.05) is 13.8 Å². The van der Waals surface area contributed by atoms with Gasteiger partial charge in [0.15, 0.2) is 6.10 Å². The van der Waals surface area contributed by atoms with Crippen LogP contribution in [0.2, 0.25) is 0 Å². The van der Waals surface area contributed by atoms with Crippen molar-refractivity contribution in [2.75, 3.05) is 19.7 Å². The molecule has 0 aliphatic carbocycles. The summed E-state index contributed by atoms with van der Waals surface area (Å²) >= 11 is 0. The summed E-state index contributed by atoms with van der Waals surface area (Å²) in [5.74, 6) is -1.07. The highest BCUT2D eigenvalue weighted by Crippen LogP contribution is 2.14. The number of aromatic nitrogens is 2. The number of carboxylic acid groups (broad SMARTS) is 1. The molecule has 0 spiro atoms. The van der Waals surface area contributed by atoms with Crippen molar-refractivity contribution in [1.82, 2.24) is 15.1 Å². The zero-order valence-electron chi connectivity index (χ0n) is 11.7. The van der Waals surface area contributed by atoms with Gasteiger partial charge in [-0.1, -0.05) is 0 Å². The Balaban J connectivity index is 1.90. The molecule has 2 N–H and O–H groups in total. The quantitative estimate of drug-likeness (QED) is 0.826. The van der Waals surface area contributed by atoms with Crippen LogP contribution < -0.4 is 0 Å². The molecule has 1 fully saturated rings. The second-order valence-electron chi connectivity index (χ2n) is 4.95. The Morgan fingerprint density at radius 2 is 2.25 bits per heavy atom. The third kappa shape index (κ3) is 3.16. The van der Waals surface area contributed by atoms with Crippen molar-refractivity contribution < 1.29 is 19.4 Å². The van der Waals surface area contributed by atoms with Crippen molar-refractivity contribution in [3.05, 3.63) is 17.0 Å². The van der Waals surface area contributed by atoms with E-state index in [1.54, 1.807) is 4.90 Å². The zero-order valence-corrected chi connectivity index (χ0v) is 11.7. The van der Waals surface area contributed by atoms with Gasteiger partial charge in [0, 0.05) is 18.7 Å². The summed E-state index contributed by atoms with van der Waals surface area (Å²) in [5, 5.41) is 15.9. The number of morpholine rings is 1. The van der Waals surface area contributed by atoms with Crippen molar-refractivity contribution in [3.63, 3.8) is 0 Å². The van der Waals surface area contributed by atoms with Crippen LogP contribution in [0.4, 0.5) is 0 Å². The van der Waals surface area contributed by atoms with Crippen LogP contribution in [0.25, 0.3) is 0 Å². The number of amides is 1. The van der Waals surface area contributed by atoms with Crippen molar-refractivity contribution in [2.45, 2.75) is 32.8 Å². The van der Waals surface area contributed by atoms with Crippen LogP contribution >= 0.6 is 0 Å². The summed E-state index contributed by atoms with van der Waals surface area (Å²) in [6.45, 7) is 4.67. The predicted molar refractivity (Wildman–Crippen MR) is 70.3 cm³/mol. The van der Waals surface area contributed by atoms with Crippen LogP contribution in [0.5, 0.6) is 0 Å². The molecule has 1 atom stereocenters. The first kappa shape index (κ1) is 14.5. The van der Waals surface area contributed by atoms with Crippen molar-refractivity contribution in [3.8, 4) is 0 Å². The number of rotatable bonds is 4. The number of carboxylic acids is 1. The third-order valence-electron chi connectivity index (χ3n) is 3.56. The van der Waals surface area contributed by atoms with Gasteiger partial charge >= 0.3 is 5.97 Å². The van der Waals surface area contributed by atoms with Gasteiger partial charge in [-0.2, -0.15) is 5.10 Å². The number of H-pyrrole nitrogens is 1. The molecule has 1 aliphatic heterocycles. The first-order valence-electron chi connectivity index (χ1n) is 6.61. The number of hydrogen-bond donors (Lipinski definition) is 2. The summed E-state index contributed by atoms with van der Waals surface area (Å²) < 4.78 is 5.10. The molecule has 1 saturated heterocycles. The lowest BCUT2D eigenvalue weighted by Crippen LogP contribution is -2.48. The first-order valence-corrected chi connectivity index (χ1v) is 6.61. The molecule has 0 aromatic carbocycles. The topological polar surface area (TPSA) is 95.5 Å². The molecule has 110 valence electrons. The van der Waals surface area contributed by atoms with Gasteiger partial charge < -0.3 is 14.7 Å². The number of aliphatic carboxylic acids is 1. The second kappa shape index (κ2) is 6.04. The highest BCUT2D eigenvalue weighted by Gasteiger charge is 2.28. The third-order valence-corrected chi connectivity index (χ3v) is 3.56. The molecular formula is C13H19N3O4. The highest BCUT2D eigenvalue weighted by atomic mass is 16.5. The van der Waals surface area contributed by atoms with E-state index < -0.39 is 12.1 Å². The molecule has 1 aromatic rings. The minimum atomic E-state index is -1.02. The fourth-order valence-corrected chi connectivity index (χ4v) is 2.36. The average Bonchev–Trinajstić information content (AvgIpc) is 2.75. The van der Waals surface area contributed by atoms with Crippen LogP contribution in [0.3, 0.4) is 0 Å². The van der Waals surface area contributed by atoms with Gasteiger partial charge in [-0.3, -0.25) is 9.89 Å². The van der Waals surface area contributed by atoms with Gasteiger partial charge in [-0.15, -0.1) is 0 Å². The average molecular weight is 281 g/mol. The zero-order chi connectivity index (χ0) is 14.7. The van der Waals surface area contributed by atoms with Crippen molar-refractivity contribution >= 4 is 11.9 Å². The smallest absolute Gasteiger partial charge is 0.334 e. The molecule has 1 aliphatic rings. The molecule has 0 unspecified atom stereocenters. The summed E-state index contributed by atoms with van der Waals surface area (Å²) in [7, 11) is 0. The maximum Gasteiger partial charge on any atom is 0.334 e. The Bertz CT molecular complexity index is 492. The maximum atomic E-state index is 12.1. The van der Waals surface area contributed by atoms with Gasteiger partial charge in [0.1, 0.15) is 0 Å². The molecule has 2 heterocycles. The van der Waals surface area contributed by atoms with E-state index >= 15 is 0 Å². The molecule has 20 heavy (non-hydrogen) atoms. The maximum absolute atomic E-state index is 12.1. The van der Waals surface area contributed by atoms with Crippen LogP contribution in [0, 0.1) is 13.8 Å². The van der Waals surface area contributed by atoms with E-state index in [1.165, 1.54) is 0 Å². The first-order chi connectivity index (χ1) is 9.49. The second-order valence-corrected chi connectivity index (χ2v) is 4.95. The number of ether oxygens (including phenoxy) is 1.